The molecule has 3 aromatic rings. The van der Waals surface area contributed by atoms with Crippen LogP contribution in [0.25, 0.3) is 16.9 Å². The van der Waals surface area contributed by atoms with Crippen LogP contribution in [0, 0.1) is 11.3 Å². The maximum atomic E-state index is 9.45. The van der Waals surface area contributed by atoms with E-state index in [1.807, 2.05) is 42.5 Å². The van der Waals surface area contributed by atoms with Crippen molar-refractivity contribution in [2.24, 2.45) is 0 Å². The summed E-state index contributed by atoms with van der Waals surface area (Å²) in [7, 11) is 0. The van der Waals surface area contributed by atoms with Gasteiger partial charge < -0.3 is 4.74 Å². The second-order valence-corrected chi connectivity index (χ2v) is 5.74. The van der Waals surface area contributed by atoms with Crippen LogP contribution >= 0.6 is 0 Å². The number of hydrogen-bond acceptors (Lipinski definition) is 3. The smallest absolute Gasteiger partial charge is 0.123 e. The van der Waals surface area contributed by atoms with Crippen molar-refractivity contribution in [3.05, 3.63) is 65.9 Å². The molecule has 1 atom stereocenters. The highest BCUT2D eigenvalue weighted by Gasteiger charge is 2.21. The Morgan fingerprint density at radius 2 is 2.04 bits per heavy atom. The van der Waals surface area contributed by atoms with Crippen LogP contribution in [0.2, 0.25) is 0 Å². The van der Waals surface area contributed by atoms with Crippen LogP contribution in [-0.4, -0.2) is 15.9 Å². The molecular weight excluding hydrogens is 286 g/mol. The summed E-state index contributed by atoms with van der Waals surface area (Å²) in [5.41, 5.74) is 4.34. The number of aromatic nitrogens is 2. The third-order valence-electron chi connectivity index (χ3n) is 4.02. The van der Waals surface area contributed by atoms with E-state index in [0.29, 0.717) is 11.3 Å². The van der Waals surface area contributed by atoms with Gasteiger partial charge in [-0.3, -0.25) is 0 Å². The molecule has 0 N–H and O–H groups in total. The highest BCUT2D eigenvalue weighted by atomic mass is 16.5. The van der Waals surface area contributed by atoms with Gasteiger partial charge in [0.05, 0.1) is 11.3 Å². The third kappa shape index (κ3) is 2.36. The van der Waals surface area contributed by atoms with Gasteiger partial charge >= 0.3 is 0 Å². The van der Waals surface area contributed by atoms with E-state index in [9.17, 15) is 5.26 Å². The minimum atomic E-state index is 0.206. The average molecular weight is 301 g/mol. The first-order valence-corrected chi connectivity index (χ1v) is 7.60. The molecule has 0 saturated heterocycles. The van der Waals surface area contributed by atoms with Gasteiger partial charge in [-0.2, -0.15) is 10.4 Å². The van der Waals surface area contributed by atoms with Gasteiger partial charge in [0, 0.05) is 18.2 Å². The minimum Gasteiger partial charge on any atom is -0.490 e. The highest BCUT2D eigenvalue weighted by Crippen LogP contribution is 2.33. The Labute approximate surface area is 134 Å². The number of ether oxygens (including phenoxy) is 1. The maximum Gasteiger partial charge on any atom is 0.123 e. The number of hydrogen-bond donors (Lipinski definition) is 0. The Hall–Kier alpha value is -3.06. The third-order valence-corrected chi connectivity index (χ3v) is 4.02. The van der Waals surface area contributed by atoms with Crippen LogP contribution < -0.4 is 4.74 Å². The van der Waals surface area contributed by atoms with Gasteiger partial charge in [0.15, 0.2) is 0 Å². The predicted molar refractivity (Wildman–Crippen MR) is 87.5 cm³/mol. The summed E-state index contributed by atoms with van der Waals surface area (Å²) in [4.78, 5) is 0. The Morgan fingerprint density at radius 1 is 1.22 bits per heavy atom. The van der Waals surface area contributed by atoms with Gasteiger partial charge in [0.2, 0.25) is 0 Å². The van der Waals surface area contributed by atoms with Crippen LogP contribution in [0.1, 0.15) is 18.1 Å². The van der Waals surface area contributed by atoms with Gasteiger partial charge in [-0.1, -0.05) is 18.2 Å². The number of nitrogens with zero attached hydrogens (tertiary/aromatic N) is 3. The van der Waals surface area contributed by atoms with Crippen molar-refractivity contribution in [2.45, 2.75) is 19.4 Å². The van der Waals surface area contributed by atoms with Crippen molar-refractivity contribution in [3.8, 4) is 28.8 Å². The predicted octanol–water partition coefficient (Wildman–Crippen LogP) is 3.73. The largest absolute Gasteiger partial charge is 0.490 e. The first kappa shape index (κ1) is 13.6. The first-order chi connectivity index (χ1) is 11.2. The van der Waals surface area contributed by atoms with Gasteiger partial charge in [0.25, 0.3) is 0 Å². The summed E-state index contributed by atoms with van der Waals surface area (Å²) in [6.45, 7) is 2.06. The van der Waals surface area contributed by atoms with Crippen LogP contribution in [0.3, 0.4) is 0 Å². The first-order valence-electron chi connectivity index (χ1n) is 7.60. The zero-order valence-corrected chi connectivity index (χ0v) is 12.7. The van der Waals surface area contributed by atoms with E-state index in [4.69, 9.17) is 4.74 Å². The number of nitriles is 1. The van der Waals surface area contributed by atoms with Crippen LogP contribution in [0.15, 0.2) is 54.7 Å². The molecule has 1 unspecified atom stereocenters. The van der Waals surface area contributed by atoms with Gasteiger partial charge in [-0.25, -0.2) is 4.68 Å². The van der Waals surface area contributed by atoms with E-state index in [1.165, 1.54) is 5.56 Å². The lowest BCUT2D eigenvalue weighted by Crippen LogP contribution is -2.05. The van der Waals surface area contributed by atoms with Crippen molar-refractivity contribution in [3.63, 3.8) is 0 Å². The van der Waals surface area contributed by atoms with Crippen LogP contribution in [0.5, 0.6) is 5.75 Å². The summed E-state index contributed by atoms with van der Waals surface area (Å²) in [6, 6.07) is 18.1. The molecule has 4 rings (SSSR count). The fourth-order valence-electron chi connectivity index (χ4n) is 2.95. The number of fused-ring (bicyclic) bond motifs is 1. The van der Waals surface area contributed by atoms with Crippen LogP contribution in [-0.2, 0) is 6.42 Å². The summed E-state index contributed by atoms with van der Waals surface area (Å²) in [5, 5.41) is 14.1. The standard InChI is InChI=1S/C19H15N3O/c1-13-9-15-10-14(7-8-18(15)23-13)19-16(11-20)12-22(21-19)17-5-3-2-4-6-17/h2-8,10,12-13H,9H2,1H3. The van der Waals surface area contributed by atoms with E-state index in [1.54, 1.807) is 10.9 Å². The molecule has 2 heterocycles. The Morgan fingerprint density at radius 3 is 2.83 bits per heavy atom. The zero-order chi connectivity index (χ0) is 15.8. The number of rotatable bonds is 2. The van der Waals surface area contributed by atoms with Crippen LogP contribution in [0.4, 0.5) is 0 Å². The fourth-order valence-corrected chi connectivity index (χ4v) is 2.95. The molecule has 1 aliphatic heterocycles. The highest BCUT2D eigenvalue weighted by molar-refractivity contribution is 5.68. The van der Waals surface area contributed by atoms with Gasteiger partial charge in [-0.15, -0.1) is 0 Å². The van der Waals surface area contributed by atoms with E-state index in [2.05, 4.69) is 24.2 Å². The molecule has 0 spiro atoms. The van der Waals surface area contributed by atoms with E-state index >= 15 is 0 Å². The molecule has 4 heteroatoms. The van der Waals surface area contributed by atoms with Gasteiger partial charge in [-0.05, 0) is 42.8 Å². The lowest BCUT2D eigenvalue weighted by atomic mass is 10.0. The molecule has 112 valence electrons. The van der Waals surface area contributed by atoms with Crippen molar-refractivity contribution < 1.29 is 4.74 Å². The summed E-state index contributed by atoms with van der Waals surface area (Å²) < 4.78 is 7.49. The van der Waals surface area contributed by atoms with E-state index in [0.717, 1.165) is 23.4 Å². The fraction of sp³-hybridized carbons (Fsp3) is 0.158. The Kier molecular flexibility index (Phi) is 3.13. The Bertz CT molecular complexity index is 906. The molecule has 0 fully saturated rings. The van der Waals surface area contributed by atoms with Crippen molar-refractivity contribution >= 4 is 0 Å². The average Bonchev–Trinajstić information content (AvgIpc) is 3.17. The molecule has 1 aromatic heterocycles. The van der Waals surface area contributed by atoms with Gasteiger partial charge in [0.1, 0.15) is 23.6 Å². The SMILES string of the molecule is CC1Cc2cc(-c3nn(-c4ccccc4)cc3C#N)ccc2O1. The molecule has 23 heavy (non-hydrogen) atoms. The number of benzene rings is 2. The molecule has 0 bridgehead atoms. The lowest BCUT2D eigenvalue weighted by molar-refractivity contribution is 0.254. The molecular formula is C19H15N3O. The molecule has 0 radical (unpaired) electrons. The van der Waals surface area contributed by atoms with E-state index < -0.39 is 0 Å². The van der Waals surface area contributed by atoms with Crippen molar-refractivity contribution in [2.75, 3.05) is 0 Å². The van der Waals surface area contributed by atoms with E-state index in [-0.39, 0.29) is 6.10 Å². The molecule has 0 saturated carbocycles. The Balaban J connectivity index is 1.79. The topological polar surface area (TPSA) is 50.8 Å². The second kappa shape index (κ2) is 5.29. The molecule has 0 aliphatic carbocycles. The minimum absolute atomic E-state index is 0.206. The number of para-hydroxylation sites is 1. The molecule has 1 aliphatic rings. The lowest BCUT2D eigenvalue weighted by Gasteiger charge is -2.03. The second-order valence-electron chi connectivity index (χ2n) is 5.74. The monoisotopic (exact) mass is 301 g/mol. The summed E-state index contributed by atoms with van der Waals surface area (Å²) >= 11 is 0. The molecule has 4 nitrogen and oxygen atoms in total. The zero-order valence-electron chi connectivity index (χ0n) is 12.7. The molecule has 2 aromatic carbocycles. The molecule has 0 amide bonds. The van der Waals surface area contributed by atoms with Crippen molar-refractivity contribution in [1.82, 2.24) is 9.78 Å². The summed E-state index contributed by atoms with van der Waals surface area (Å²) in [6.07, 6.45) is 2.87. The normalized spacial score (nSPS) is 15.7. The van der Waals surface area contributed by atoms with Crippen molar-refractivity contribution in [1.29, 1.82) is 5.26 Å². The maximum absolute atomic E-state index is 9.45. The quantitative estimate of drug-likeness (QED) is 0.724. The summed E-state index contributed by atoms with van der Waals surface area (Å²) in [5.74, 6) is 0.933.